The molecule has 0 unspecified atom stereocenters. The minimum atomic E-state index is -1.05. The van der Waals surface area contributed by atoms with Gasteiger partial charge in [0.25, 0.3) is 0 Å². The molecule has 0 fully saturated rings. The number of hydrogen-bond acceptors (Lipinski definition) is 3. The van der Waals surface area contributed by atoms with Gasteiger partial charge in [-0.1, -0.05) is 57.6 Å². The van der Waals surface area contributed by atoms with Crippen LogP contribution in [0.4, 0.5) is 0 Å². The molecule has 1 aliphatic carbocycles. The van der Waals surface area contributed by atoms with Crippen molar-refractivity contribution in [2.24, 2.45) is 0 Å². The number of allylic oxidation sites excluding steroid dienone is 4. The summed E-state index contributed by atoms with van der Waals surface area (Å²) in [4.78, 5) is 0. The maximum Gasteiger partial charge on any atom is 3.00 e. The van der Waals surface area contributed by atoms with E-state index in [4.69, 9.17) is 0 Å². The Morgan fingerprint density at radius 3 is 1.29 bits per heavy atom. The molecule has 0 aromatic heterocycles. The Bertz CT molecular complexity index is 349. The average Bonchev–Trinajstić information content (AvgIpc) is 2.84. The minimum Gasteiger partial charge on any atom is -0.343 e. The summed E-state index contributed by atoms with van der Waals surface area (Å²) in [7, 11) is 3.57. The van der Waals surface area contributed by atoms with Crippen molar-refractivity contribution in [2.75, 3.05) is 21.3 Å². The van der Waals surface area contributed by atoms with E-state index in [2.05, 4.69) is 75.2 Å². The zero-order valence-electron chi connectivity index (χ0n) is 19.3. The van der Waals surface area contributed by atoms with Crippen molar-refractivity contribution in [2.45, 2.75) is 60.3 Å². The molecule has 0 saturated heterocycles. The molecule has 3 nitrogen and oxygen atoms in total. The first kappa shape index (κ1) is 35.5. The molecule has 0 bridgehead atoms. The molecule has 2 radical (unpaired) electrons. The summed E-state index contributed by atoms with van der Waals surface area (Å²) in [5, 5.41) is 0. The predicted octanol–water partition coefficient (Wildman–Crippen LogP) is 7.84. The van der Waals surface area contributed by atoms with Crippen LogP contribution in [-0.4, -0.2) is 21.3 Å². The average molecular weight is 590 g/mol. The first-order chi connectivity index (χ1) is 12.7. The second-order valence-electron chi connectivity index (χ2n) is 5.76. The first-order valence-electron chi connectivity index (χ1n) is 9.16. The van der Waals surface area contributed by atoms with Gasteiger partial charge >= 0.3 is 28.7 Å². The molecule has 28 heavy (non-hydrogen) atoms. The fourth-order valence-electron chi connectivity index (χ4n) is 1.92. The van der Waals surface area contributed by atoms with Gasteiger partial charge < -0.3 is 27.4 Å². The van der Waals surface area contributed by atoms with E-state index in [1.54, 1.807) is 21.3 Å². The van der Waals surface area contributed by atoms with Crippen molar-refractivity contribution in [3.05, 3.63) is 68.1 Å². The summed E-state index contributed by atoms with van der Waals surface area (Å²) in [6.07, 6.45) is 7.77. The third-order valence-electron chi connectivity index (χ3n) is 4.08. The second kappa shape index (κ2) is 25.1. The monoisotopic (exact) mass is 590 g/mol. The minimum absolute atomic E-state index is 0. The summed E-state index contributed by atoms with van der Waals surface area (Å²) < 4.78 is 14.0. The van der Waals surface area contributed by atoms with Crippen LogP contribution in [0.1, 0.15) is 60.3 Å². The number of hydrogen-bond donors (Lipinski definition) is 0. The van der Waals surface area contributed by atoms with Crippen LogP contribution in [-0.2, 0) is 33.7 Å². The van der Waals surface area contributed by atoms with Gasteiger partial charge in [0, 0.05) is 21.3 Å². The van der Waals surface area contributed by atoms with Gasteiger partial charge in [-0.2, -0.15) is 12.8 Å². The van der Waals surface area contributed by atoms with E-state index in [-0.39, 0.29) is 20.1 Å². The van der Waals surface area contributed by atoms with Gasteiger partial charge in [0.15, 0.2) is 0 Å². The molecule has 0 amide bonds. The van der Waals surface area contributed by atoms with Crippen LogP contribution in [0, 0.1) is 31.6 Å². The standard InChI is InChI=1S/C10H15.2C5H9.C3H9O3P.Ir/c1-6-7(2)9(4)10(5)8(6)3;2*1-3-5-4-2;1-4-7(5-2)6-3;/h1-5H3;2*3H,1-2,4-5H2;1-3H3;/q3*-1;;+3. The SMILES string of the molecule is C=CCC[CH2-].C=CCC[CH2-].COP(OC)OC.C[C]1[C](C)[C-](C)C(C)=C1C.[Ir+3]. The molecule has 0 saturated carbocycles. The Hall–Kier alpha value is 0.0494. The summed E-state index contributed by atoms with van der Waals surface area (Å²) in [6.45, 7) is 25.2. The fraction of sp³-hybridized carbons (Fsp3) is 0.522. The zero-order chi connectivity index (χ0) is 21.8. The summed E-state index contributed by atoms with van der Waals surface area (Å²) in [5.41, 5.74) is 2.94. The molecule has 166 valence electrons. The molecule has 0 N–H and O–H groups in total. The predicted molar refractivity (Wildman–Crippen MR) is 123 cm³/mol. The van der Waals surface area contributed by atoms with Crippen LogP contribution >= 0.6 is 8.60 Å². The summed E-state index contributed by atoms with van der Waals surface area (Å²) >= 11 is 0. The van der Waals surface area contributed by atoms with E-state index in [1.165, 1.54) is 28.9 Å². The zero-order valence-corrected chi connectivity index (χ0v) is 22.6. The first-order valence-corrected chi connectivity index (χ1v) is 10.3. The Kier molecular flexibility index (Phi) is 31.8. The summed E-state index contributed by atoms with van der Waals surface area (Å²) in [5.74, 6) is 4.40. The second-order valence-corrected chi connectivity index (χ2v) is 7.30. The van der Waals surface area contributed by atoms with Crippen LogP contribution in [0.2, 0.25) is 0 Å². The third kappa shape index (κ3) is 18.1. The molecular formula is C23H42IrO3P. The van der Waals surface area contributed by atoms with E-state index in [0.717, 1.165) is 25.7 Å². The van der Waals surface area contributed by atoms with E-state index in [9.17, 15) is 0 Å². The van der Waals surface area contributed by atoms with Crippen molar-refractivity contribution in [1.82, 2.24) is 0 Å². The van der Waals surface area contributed by atoms with Crippen molar-refractivity contribution in [3.8, 4) is 0 Å². The van der Waals surface area contributed by atoms with Crippen LogP contribution in [0.5, 0.6) is 0 Å². The number of rotatable bonds is 7. The largest absolute Gasteiger partial charge is 3.00 e. The molecule has 1 rings (SSSR count). The molecule has 0 atom stereocenters. The number of unbranched alkanes of at least 4 members (excludes halogenated alkanes) is 2. The summed E-state index contributed by atoms with van der Waals surface area (Å²) in [6, 6.07) is 0. The molecule has 0 aromatic carbocycles. The maximum absolute atomic E-state index is 4.67. The molecular weight excluding hydrogens is 547 g/mol. The van der Waals surface area contributed by atoms with Crippen LogP contribution in [0.15, 0.2) is 36.5 Å². The topological polar surface area (TPSA) is 27.7 Å². The van der Waals surface area contributed by atoms with E-state index in [1.807, 2.05) is 12.2 Å². The van der Waals surface area contributed by atoms with Gasteiger partial charge in [0.1, 0.15) is 0 Å². The van der Waals surface area contributed by atoms with Crippen LogP contribution in [0.3, 0.4) is 0 Å². The smallest absolute Gasteiger partial charge is 0.343 e. The molecule has 1 aliphatic rings. The third-order valence-corrected chi connectivity index (χ3v) is 4.97. The van der Waals surface area contributed by atoms with Gasteiger partial charge in [-0.25, -0.2) is 17.1 Å². The normalized spacial score (nSPS) is 13.5. The van der Waals surface area contributed by atoms with Gasteiger partial charge in [-0.05, 0) is 0 Å². The van der Waals surface area contributed by atoms with E-state index in [0.29, 0.717) is 0 Å². The van der Waals surface area contributed by atoms with Crippen LogP contribution < -0.4 is 0 Å². The molecule has 0 heterocycles. The van der Waals surface area contributed by atoms with Crippen LogP contribution in [0.25, 0.3) is 0 Å². The van der Waals surface area contributed by atoms with E-state index < -0.39 is 8.60 Å². The van der Waals surface area contributed by atoms with Gasteiger partial charge in [0.05, 0.1) is 0 Å². The molecule has 5 heteroatoms. The van der Waals surface area contributed by atoms with Gasteiger partial charge in [-0.15, -0.1) is 27.0 Å². The molecule has 0 aliphatic heterocycles. The van der Waals surface area contributed by atoms with E-state index >= 15 is 0 Å². The molecule has 0 aromatic rings. The Labute approximate surface area is 191 Å². The van der Waals surface area contributed by atoms with Crippen molar-refractivity contribution in [1.29, 1.82) is 0 Å². The Morgan fingerprint density at radius 1 is 0.893 bits per heavy atom. The Balaban J connectivity index is -0.000000143. The molecule has 0 spiro atoms. The van der Waals surface area contributed by atoms with Crippen molar-refractivity contribution in [3.63, 3.8) is 0 Å². The Morgan fingerprint density at radius 2 is 1.25 bits per heavy atom. The fourth-order valence-corrected chi connectivity index (χ4v) is 2.37. The maximum atomic E-state index is 4.67. The van der Waals surface area contributed by atoms with Crippen molar-refractivity contribution >= 4 is 8.60 Å². The van der Waals surface area contributed by atoms with Crippen molar-refractivity contribution < 1.29 is 33.7 Å². The van der Waals surface area contributed by atoms with Gasteiger partial charge in [-0.3, -0.25) is 0 Å². The quantitative estimate of drug-likeness (QED) is 0.172. The van der Waals surface area contributed by atoms with Gasteiger partial charge in [0.2, 0.25) is 0 Å².